The lowest BCUT2D eigenvalue weighted by molar-refractivity contribution is -0.133. The maximum atomic E-state index is 12.5. The van der Waals surface area contributed by atoms with E-state index in [-0.39, 0.29) is 12.4 Å². The minimum absolute atomic E-state index is 0. The summed E-state index contributed by atoms with van der Waals surface area (Å²) in [5.74, 6) is 0.372. The van der Waals surface area contributed by atoms with Gasteiger partial charge in [0.05, 0.1) is 0 Å². The molecule has 0 spiro atoms. The lowest BCUT2D eigenvalue weighted by Crippen LogP contribution is -2.42. The largest absolute Gasteiger partial charge is 0.335 e. The molecule has 2 heterocycles. The van der Waals surface area contributed by atoms with Gasteiger partial charge < -0.3 is 10.2 Å². The normalized spacial score (nSPS) is 24.3. The maximum absolute atomic E-state index is 12.5. The predicted octanol–water partition coefficient (Wildman–Crippen LogP) is 2.78. The van der Waals surface area contributed by atoms with E-state index in [1.165, 1.54) is 18.4 Å². The highest BCUT2D eigenvalue weighted by atomic mass is 35.5. The molecular weight excluding hydrogens is 284 g/mol. The van der Waals surface area contributed by atoms with Gasteiger partial charge in [-0.25, -0.2) is 0 Å². The van der Waals surface area contributed by atoms with E-state index in [0.29, 0.717) is 24.4 Å². The summed E-state index contributed by atoms with van der Waals surface area (Å²) in [5.41, 5.74) is 1.33. The van der Waals surface area contributed by atoms with Gasteiger partial charge in [-0.15, -0.1) is 12.4 Å². The number of amides is 1. The molecule has 2 saturated heterocycles. The van der Waals surface area contributed by atoms with Crippen molar-refractivity contribution in [2.24, 2.45) is 0 Å². The average Bonchev–Trinajstić information content (AvgIpc) is 2.73. The topological polar surface area (TPSA) is 32.3 Å². The Kier molecular flexibility index (Phi) is 6.07. The fraction of sp³-hybridized carbons (Fsp3) is 0.588. The molecule has 3 nitrogen and oxygen atoms in total. The average molecular weight is 309 g/mol. The molecule has 116 valence electrons. The van der Waals surface area contributed by atoms with E-state index in [0.717, 1.165) is 32.4 Å². The van der Waals surface area contributed by atoms with Gasteiger partial charge in [0.25, 0.3) is 0 Å². The van der Waals surface area contributed by atoms with Gasteiger partial charge in [-0.1, -0.05) is 30.3 Å². The van der Waals surface area contributed by atoms with E-state index in [1.807, 2.05) is 6.07 Å². The molecule has 2 bridgehead atoms. The van der Waals surface area contributed by atoms with Gasteiger partial charge in [-0.2, -0.15) is 0 Å². The SMILES string of the molecule is Cl.O=C(CCCc1ccccc1)N1C2CCNCC1CC2. The van der Waals surface area contributed by atoms with E-state index in [1.54, 1.807) is 0 Å². The number of aryl methyl sites for hydroxylation is 1. The first-order chi connectivity index (χ1) is 9.84. The zero-order valence-electron chi connectivity index (χ0n) is 12.5. The Morgan fingerprint density at radius 1 is 1.14 bits per heavy atom. The highest BCUT2D eigenvalue weighted by Crippen LogP contribution is 2.28. The molecular formula is C17H25ClN2O. The summed E-state index contributed by atoms with van der Waals surface area (Å²) in [4.78, 5) is 14.7. The molecule has 1 amide bonds. The van der Waals surface area contributed by atoms with E-state index >= 15 is 0 Å². The Morgan fingerprint density at radius 2 is 1.90 bits per heavy atom. The number of hydrogen-bond donors (Lipinski definition) is 1. The molecule has 2 unspecified atom stereocenters. The molecule has 2 aliphatic rings. The molecule has 1 N–H and O–H groups in total. The highest BCUT2D eigenvalue weighted by Gasteiger charge is 2.37. The number of hydrogen-bond acceptors (Lipinski definition) is 2. The third-order valence-electron chi connectivity index (χ3n) is 4.64. The van der Waals surface area contributed by atoms with Crippen molar-refractivity contribution in [2.75, 3.05) is 13.1 Å². The lowest BCUT2D eigenvalue weighted by Gasteiger charge is -2.28. The van der Waals surface area contributed by atoms with Crippen LogP contribution in [0.4, 0.5) is 0 Å². The quantitative estimate of drug-likeness (QED) is 0.927. The van der Waals surface area contributed by atoms with Crippen molar-refractivity contribution < 1.29 is 4.79 Å². The Balaban J connectivity index is 0.00000161. The second-order valence-electron chi connectivity index (χ2n) is 6.02. The van der Waals surface area contributed by atoms with E-state index in [4.69, 9.17) is 0 Å². The number of carbonyl (C=O) groups excluding carboxylic acids is 1. The van der Waals surface area contributed by atoms with Crippen molar-refractivity contribution in [1.82, 2.24) is 10.2 Å². The number of halogens is 1. The summed E-state index contributed by atoms with van der Waals surface area (Å²) in [6.45, 7) is 2.05. The Bertz CT molecular complexity index is 437. The van der Waals surface area contributed by atoms with Crippen molar-refractivity contribution in [3.63, 3.8) is 0 Å². The third-order valence-corrected chi connectivity index (χ3v) is 4.64. The maximum Gasteiger partial charge on any atom is 0.223 e. The molecule has 0 aliphatic carbocycles. The number of nitrogens with one attached hydrogen (secondary N) is 1. The van der Waals surface area contributed by atoms with Crippen molar-refractivity contribution in [3.05, 3.63) is 35.9 Å². The Labute approximate surface area is 133 Å². The first kappa shape index (κ1) is 16.3. The van der Waals surface area contributed by atoms with Crippen molar-refractivity contribution in [1.29, 1.82) is 0 Å². The first-order valence-electron chi connectivity index (χ1n) is 7.90. The van der Waals surface area contributed by atoms with Gasteiger partial charge in [-0.3, -0.25) is 4.79 Å². The standard InChI is InChI=1S/C17H24N2O.ClH/c20-17(8-4-7-14-5-2-1-3-6-14)19-15-9-10-16(19)13-18-12-11-15;/h1-3,5-6,15-16,18H,4,7-13H2;1H. The zero-order chi connectivity index (χ0) is 13.8. The highest BCUT2D eigenvalue weighted by molar-refractivity contribution is 5.85. The second kappa shape index (κ2) is 7.81. The van der Waals surface area contributed by atoms with E-state index in [2.05, 4.69) is 34.5 Å². The molecule has 2 atom stereocenters. The third kappa shape index (κ3) is 3.98. The minimum atomic E-state index is 0. The van der Waals surface area contributed by atoms with Crippen LogP contribution in [0.1, 0.15) is 37.7 Å². The number of carbonyl (C=O) groups is 1. The van der Waals surface area contributed by atoms with Crippen LogP contribution in [0.2, 0.25) is 0 Å². The molecule has 1 aromatic carbocycles. The van der Waals surface area contributed by atoms with Crippen LogP contribution in [0.3, 0.4) is 0 Å². The van der Waals surface area contributed by atoms with Gasteiger partial charge in [0, 0.05) is 25.0 Å². The van der Waals surface area contributed by atoms with Crippen LogP contribution in [0.15, 0.2) is 30.3 Å². The summed E-state index contributed by atoms with van der Waals surface area (Å²) in [7, 11) is 0. The number of benzene rings is 1. The summed E-state index contributed by atoms with van der Waals surface area (Å²) >= 11 is 0. The van der Waals surface area contributed by atoms with Gasteiger partial charge >= 0.3 is 0 Å². The fourth-order valence-corrected chi connectivity index (χ4v) is 3.61. The van der Waals surface area contributed by atoms with E-state index in [9.17, 15) is 4.79 Å². The number of rotatable bonds is 4. The zero-order valence-corrected chi connectivity index (χ0v) is 13.3. The van der Waals surface area contributed by atoms with Crippen LogP contribution in [0.25, 0.3) is 0 Å². The molecule has 1 aromatic rings. The second-order valence-corrected chi connectivity index (χ2v) is 6.02. The summed E-state index contributed by atoms with van der Waals surface area (Å²) in [5, 5.41) is 3.45. The monoisotopic (exact) mass is 308 g/mol. The van der Waals surface area contributed by atoms with Crippen LogP contribution in [0.5, 0.6) is 0 Å². The molecule has 3 rings (SSSR count). The van der Waals surface area contributed by atoms with E-state index < -0.39 is 0 Å². The first-order valence-corrected chi connectivity index (χ1v) is 7.90. The molecule has 0 saturated carbocycles. The summed E-state index contributed by atoms with van der Waals surface area (Å²) in [6.07, 6.45) is 6.18. The Hall–Kier alpha value is -1.06. The Morgan fingerprint density at radius 3 is 2.71 bits per heavy atom. The van der Waals surface area contributed by atoms with Crippen LogP contribution in [0, 0.1) is 0 Å². The van der Waals surface area contributed by atoms with Crippen molar-refractivity contribution >= 4 is 18.3 Å². The smallest absolute Gasteiger partial charge is 0.223 e. The molecule has 0 radical (unpaired) electrons. The molecule has 4 heteroatoms. The van der Waals surface area contributed by atoms with Crippen LogP contribution >= 0.6 is 12.4 Å². The molecule has 2 aliphatic heterocycles. The predicted molar refractivity (Wildman–Crippen MR) is 87.8 cm³/mol. The van der Waals surface area contributed by atoms with Crippen LogP contribution in [-0.4, -0.2) is 36.0 Å². The van der Waals surface area contributed by atoms with Crippen LogP contribution < -0.4 is 5.32 Å². The van der Waals surface area contributed by atoms with Gasteiger partial charge in [0.2, 0.25) is 5.91 Å². The lowest BCUT2D eigenvalue weighted by atomic mass is 10.1. The minimum Gasteiger partial charge on any atom is -0.335 e. The molecule has 2 fully saturated rings. The van der Waals surface area contributed by atoms with Gasteiger partial charge in [0.1, 0.15) is 0 Å². The number of nitrogens with zero attached hydrogens (tertiary/aromatic N) is 1. The number of fused-ring (bicyclic) bond motifs is 2. The summed E-state index contributed by atoms with van der Waals surface area (Å²) in [6, 6.07) is 11.4. The van der Waals surface area contributed by atoms with Crippen molar-refractivity contribution in [3.8, 4) is 0 Å². The van der Waals surface area contributed by atoms with Crippen molar-refractivity contribution in [2.45, 2.75) is 50.6 Å². The van der Waals surface area contributed by atoms with Crippen LogP contribution in [-0.2, 0) is 11.2 Å². The van der Waals surface area contributed by atoms with Gasteiger partial charge in [-0.05, 0) is 44.2 Å². The van der Waals surface area contributed by atoms with Gasteiger partial charge in [0.15, 0.2) is 0 Å². The fourth-order valence-electron chi connectivity index (χ4n) is 3.61. The molecule has 0 aromatic heterocycles. The molecule has 21 heavy (non-hydrogen) atoms. The summed E-state index contributed by atoms with van der Waals surface area (Å²) < 4.78 is 0.